The molecule has 130 valence electrons. The van der Waals surface area contributed by atoms with Crippen molar-refractivity contribution in [2.45, 2.75) is 0 Å². The molecule has 0 unspecified atom stereocenters. The quantitative estimate of drug-likeness (QED) is 0.497. The number of halogens is 2. The number of rotatable bonds is 4. The van der Waals surface area contributed by atoms with Gasteiger partial charge in [0.05, 0.1) is 42.1 Å². The molecule has 0 spiro atoms. The van der Waals surface area contributed by atoms with Crippen LogP contribution < -0.4 is 9.64 Å². The second kappa shape index (κ2) is 8.04. The number of nitrogens with zero attached hydrogens (tertiary/aromatic N) is 1. The third-order valence-electron chi connectivity index (χ3n) is 3.34. The van der Waals surface area contributed by atoms with Crippen molar-refractivity contribution in [1.29, 1.82) is 0 Å². The van der Waals surface area contributed by atoms with Gasteiger partial charge in [-0.05, 0) is 34.7 Å². The number of carbonyl (C=O) groups excluding carboxylic acids is 2. The average Bonchev–Trinajstić information content (AvgIpc) is 2.61. The molecule has 2 rings (SSSR count). The predicted molar refractivity (Wildman–Crippen MR) is 95.1 cm³/mol. The predicted octanol–water partition coefficient (Wildman–Crippen LogP) is 2.35. The molecule has 0 saturated carbocycles. The van der Waals surface area contributed by atoms with E-state index in [0.717, 1.165) is 3.57 Å². The van der Waals surface area contributed by atoms with E-state index in [1.54, 1.807) is 12.1 Å². The highest BCUT2D eigenvalue weighted by molar-refractivity contribution is 14.1. The van der Waals surface area contributed by atoms with Crippen molar-refractivity contribution >= 4 is 51.8 Å². The lowest BCUT2D eigenvalue weighted by molar-refractivity contribution is -0.140. The van der Waals surface area contributed by atoms with Crippen LogP contribution in [0.1, 0.15) is 0 Å². The van der Waals surface area contributed by atoms with Crippen molar-refractivity contribution < 1.29 is 28.5 Å². The summed E-state index contributed by atoms with van der Waals surface area (Å²) in [7, 11) is 3.94. The Kier molecular flexibility index (Phi) is 6.30. The zero-order chi connectivity index (χ0) is 17.9. The highest BCUT2D eigenvalue weighted by atomic mass is 127. The Hall–Kier alpha value is -1.52. The first kappa shape index (κ1) is 18.8. The monoisotopic (exact) mass is 467 g/mol. The molecule has 9 heteroatoms. The highest BCUT2D eigenvalue weighted by Gasteiger charge is 2.35. The number of benzene rings is 1. The maximum atomic E-state index is 12.3. The first-order valence-electron chi connectivity index (χ1n) is 6.73. The van der Waals surface area contributed by atoms with E-state index in [2.05, 4.69) is 22.6 Å². The van der Waals surface area contributed by atoms with Crippen LogP contribution in [0.5, 0.6) is 5.75 Å². The van der Waals surface area contributed by atoms with Crippen LogP contribution in [0.2, 0.25) is 5.02 Å². The fourth-order valence-electron chi connectivity index (χ4n) is 2.29. The largest absolute Gasteiger partial charge is 0.493 e. The van der Waals surface area contributed by atoms with E-state index in [-0.39, 0.29) is 24.6 Å². The van der Waals surface area contributed by atoms with Gasteiger partial charge in [-0.1, -0.05) is 11.6 Å². The van der Waals surface area contributed by atoms with Crippen LogP contribution in [0.25, 0.3) is 0 Å². The molecule has 24 heavy (non-hydrogen) atoms. The second-order valence-corrected chi connectivity index (χ2v) is 6.20. The van der Waals surface area contributed by atoms with E-state index in [4.69, 9.17) is 30.5 Å². The zero-order valence-corrected chi connectivity index (χ0v) is 16.1. The summed E-state index contributed by atoms with van der Waals surface area (Å²) in [4.78, 5) is 25.8. The van der Waals surface area contributed by atoms with Gasteiger partial charge >= 0.3 is 11.9 Å². The van der Waals surface area contributed by atoms with Crippen LogP contribution in [0.3, 0.4) is 0 Å². The normalized spacial score (nSPS) is 14.5. The Morgan fingerprint density at radius 1 is 1.21 bits per heavy atom. The molecule has 0 aromatic heterocycles. The van der Waals surface area contributed by atoms with Gasteiger partial charge in [0.1, 0.15) is 18.1 Å². The van der Waals surface area contributed by atoms with E-state index in [1.807, 2.05) is 0 Å². The second-order valence-electron chi connectivity index (χ2n) is 4.63. The zero-order valence-electron chi connectivity index (χ0n) is 13.2. The molecule has 7 nitrogen and oxygen atoms in total. The minimum atomic E-state index is -0.698. The maximum Gasteiger partial charge on any atom is 0.355 e. The Bertz CT molecular complexity index is 705. The maximum absolute atomic E-state index is 12.3. The lowest BCUT2D eigenvalue weighted by Gasteiger charge is -2.32. The van der Waals surface area contributed by atoms with E-state index in [0.29, 0.717) is 16.5 Å². The average molecular weight is 468 g/mol. The van der Waals surface area contributed by atoms with E-state index >= 15 is 0 Å². The van der Waals surface area contributed by atoms with E-state index in [9.17, 15) is 9.59 Å². The molecule has 1 aliphatic rings. The summed E-state index contributed by atoms with van der Waals surface area (Å²) in [5, 5.41) is 0.336. The summed E-state index contributed by atoms with van der Waals surface area (Å²) in [6.45, 7) is -0.0709. The molecular weight excluding hydrogens is 453 g/mol. The lowest BCUT2D eigenvalue weighted by Crippen LogP contribution is -2.39. The summed E-state index contributed by atoms with van der Waals surface area (Å²) in [6, 6.07) is 3.45. The van der Waals surface area contributed by atoms with Crippen molar-refractivity contribution in [2.24, 2.45) is 0 Å². The van der Waals surface area contributed by atoms with Crippen LogP contribution in [-0.4, -0.2) is 46.6 Å². The summed E-state index contributed by atoms with van der Waals surface area (Å²) < 4.78 is 21.2. The SMILES string of the molecule is COC(=O)C1=C(C(=O)OC)N(c2c(Cl)ccc(I)c2OC)COC1. The molecule has 0 aliphatic carbocycles. The highest BCUT2D eigenvalue weighted by Crippen LogP contribution is 2.42. The first-order valence-corrected chi connectivity index (χ1v) is 8.19. The number of carbonyl (C=O) groups is 2. The lowest BCUT2D eigenvalue weighted by atomic mass is 10.1. The molecule has 0 amide bonds. The number of esters is 2. The smallest absolute Gasteiger partial charge is 0.355 e. The van der Waals surface area contributed by atoms with Gasteiger partial charge in [-0.3, -0.25) is 0 Å². The number of hydrogen-bond acceptors (Lipinski definition) is 7. The van der Waals surface area contributed by atoms with Gasteiger partial charge in [0.25, 0.3) is 0 Å². The van der Waals surface area contributed by atoms with Crippen molar-refractivity contribution in [2.75, 3.05) is 39.6 Å². The molecule has 1 aromatic rings. The van der Waals surface area contributed by atoms with Crippen molar-refractivity contribution in [3.63, 3.8) is 0 Å². The topological polar surface area (TPSA) is 74.3 Å². The van der Waals surface area contributed by atoms with Crippen LogP contribution in [-0.2, 0) is 23.8 Å². The van der Waals surface area contributed by atoms with Gasteiger partial charge in [-0.25, -0.2) is 9.59 Å². The fraction of sp³-hybridized carbons (Fsp3) is 0.333. The number of methoxy groups -OCH3 is 3. The Labute approximate surface area is 157 Å². The molecule has 0 radical (unpaired) electrons. The molecule has 1 aromatic carbocycles. The van der Waals surface area contributed by atoms with Gasteiger partial charge in [0.2, 0.25) is 0 Å². The van der Waals surface area contributed by atoms with Crippen LogP contribution >= 0.6 is 34.2 Å². The van der Waals surface area contributed by atoms with Crippen LogP contribution in [0.15, 0.2) is 23.4 Å². The third kappa shape index (κ3) is 3.45. The van der Waals surface area contributed by atoms with E-state index in [1.165, 1.54) is 26.2 Å². The summed E-state index contributed by atoms with van der Waals surface area (Å²) in [5.41, 5.74) is 0.470. The van der Waals surface area contributed by atoms with Crippen LogP contribution in [0.4, 0.5) is 5.69 Å². The Morgan fingerprint density at radius 2 is 1.88 bits per heavy atom. The van der Waals surface area contributed by atoms with Crippen molar-refractivity contribution in [3.8, 4) is 5.75 Å². The molecule has 0 fully saturated rings. The number of anilines is 1. The molecule has 0 saturated heterocycles. The summed E-state index contributed by atoms with van der Waals surface area (Å²) in [5.74, 6) is -0.921. The van der Waals surface area contributed by atoms with Gasteiger partial charge in [-0.15, -0.1) is 0 Å². The van der Waals surface area contributed by atoms with Gasteiger partial charge in [0.15, 0.2) is 5.75 Å². The Morgan fingerprint density at radius 3 is 2.46 bits per heavy atom. The van der Waals surface area contributed by atoms with Crippen molar-refractivity contribution in [3.05, 3.63) is 32.0 Å². The summed E-state index contributed by atoms with van der Waals surface area (Å²) in [6.07, 6.45) is 0. The molecule has 1 aliphatic heterocycles. The number of ether oxygens (including phenoxy) is 4. The third-order valence-corrected chi connectivity index (χ3v) is 4.50. The van der Waals surface area contributed by atoms with Gasteiger partial charge in [-0.2, -0.15) is 0 Å². The Balaban J connectivity index is 2.71. The van der Waals surface area contributed by atoms with Gasteiger partial charge in [0, 0.05) is 0 Å². The van der Waals surface area contributed by atoms with Crippen molar-refractivity contribution in [1.82, 2.24) is 0 Å². The minimum absolute atomic E-state index is 0.00109. The van der Waals surface area contributed by atoms with Crippen LogP contribution in [0, 0.1) is 3.57 Å². The molecular formula is C15H15ClINO6. The number of hydrogen-bond donors (Lipinski definition) is 0. The molecule has 1 heterocycles. The first-order chi connectivity index (χ1) is 11.5. The molecule has 0 N–H and O–H groups in total. The summed E-state index contributed by atoms with van der Waals surface area (Å²) >= 11 is 8.40. The standard InChI is InChI=1S/C15H15ClINO6/c1-21-13-10(17)5-4-9(16)12(13)18-7-24-6-8(14(19)22-2)11(18)15(20)23-3/h4-5H,6-7H2,1-3H3. The molecule has 0 atom stereocenters. The molecule has 0 bridgehead atoms. The van der Waals surface area contributed by atoms with Gasteiger partial charge < -0.3 is 23.8 Å². The fourth-order valence-corrected chi connectivity index (χ4v) is 3.19. The minimum Gasteiger partial charge on any atom is -0.493 e. The van der Waals surface area contributed by atoms with E-state index < -0.39 is 11.9 Å².